The van der Waals surface area contributed by atoms with Gasteiger partial charge >= 0.3 is 0 Å². The van der Waals surface area contributed by atoms with Crippen LogP contribution in [0.3, 0.4) is 0 Å². The van der Waals surface area contributed by atoms with Gasteiger partial charge in [-0.1, -0.05) is 0 Å². The van der Waals surface area contributed by atoms with Crippen LogP contribution in [0.25, 0.3) is 0 Å². The molecule has 0 saturated carbocycles. The molecule has 0 heterocycles. The van der Waals surface area contributed by atoms with Gasteiger partial charge < -0.3 is 9.47 Å². The van der Waals surface area contributed by atoms with Crippen molar-refractivity contribution in [3.63, 3.8) is 0 Å². The first-order valence-electron chi connectivity index (χ1n) is 5.33. The monoisotopic (exact) mass is 293 g/mol. The molecule has 0 fully saturated rings. The average molecular weight is 294 g/mol. The van der Waals surface area contributed by atoms with Crippen molar-refractivity contribution in [3.8, 4) is 11.5 Å². The molecule has 1 rings (SSSR count). The van der Waals surface area contributed by atoms with Crippen LogP contribution in [-0.2, 0) is 10.0 Å². The minimum Gasteiger partial charge on any atom is -0.497 e. The fraction of sp³-hybridized carbons (Fsp3) is 0.455. The van der Waals surface area contributed by atoms with E-state index in [0.717, 1.165) is 0 Å². The molecule has 0 atom stereocenters. The van der Waals surface area contributed by atoms with Gasteiger partial charge in [-0.25, -0.2) is 13.1 Å². The summed E-state index contributed by atoms with van der Waals surface area (Å²) in [5.41, 5.74) is 0. The van der Waals surface area contributed by atoms with Gasteiger partial charge in [0.05, 0.1) is 14.2 Å². The number of hydrogen-bond acceptors (Lipinski definition) is 4. The van der Waals surface area contributed by atoms with Gasteiger partial charge in [0.1, 0.15) is 16.4 Å². The molecule has 102 valence electrons. The van der Waals surface area contributed by atoms with Crippen LogP contribution in [0.4, 0.5) is 0 Å². The Morgan fingerprint density at radius 2 is 2.00 bits per heavy atom. The summed E-state index contributed by atoms with van der Waals surface area (Å²) >= 11 is 5.50. The van der Waals surface area contributed by atoms with Crippen LogP contribution in [0.5, 0.6) is 11.5 Å². The van der Waals surface area contributed by atoms with Crippen molar-refractivity contribution in [2.45, 2.75) is 11.3 Å². The highest BCUT2D eigenvalue weighted by atomic mass is 35.5. The molecule has 1 aromatic rings. The second kappa shape index (κ2) is 6.82. The summed E-state index contributed by atoms with van der Waals surface area (Å²) in [7, 11) is -0.679. The molecule has 18 heavy (non-hydrogen) atoms. The molecule has 0 radical (unpaired) electrons. The molecule has 0 aliphatic carbocycles. The summed E-state index contributed by atoms with van der Waals surface area (Å²) < 4.78 is 36.5. The highest BCUT2D eigenvalue weighted by Crippen LogP contribution is 2.28. The molecule has 1 N–H and O–H groups in total. The Bertz CT molecular complexity index is 490. The molecule has 0 amide bonds. The van der Waals surface area contributed by atoms with Crippen LogP contribution >= 0.6 is 11.6 Å². The molecule has 0 aliphatic rings. The largest absolute Gasteiger partial charge is 0.497 e. The van der Waals surface area contributed by atoms with Crippen molar-refractivity contribution in [2.24, 2.45) is 0 Å². The first-order valence-corrected chi connectivity index (χ1v) is 7.34. The van der Waals surface area contributed by atoms with Crippen molar-refractivity contribution in [2.75, 3.05) is 26.6 Å². The third-order valence-corrected chi connectivity index (χ3v) is 4.03. The number of sulfonamides is 1. The van der Waals surface area contributed by atoms with Crippen LogP contribution in [0, 0.1) is 0 Å². The number of nitrogens with one attached hydrogen (secondary N) is 1. The Balaban J connectivity index is 3.00. The molecule has 0 saturated heterocycles. The fourth-order valence-corrected chi connectivity index (χ4v) is 2.70. The Kier molecular flexibility index (Phi) is 5.71. The maximum absolute atomic E-state index is 12.0. The summed E-state index contributed by atoms with van der Waals surface area (Å²) in [6, 6.07) is 4.54. The molecular weight excluding hydrogens is 278 g/mol. The van der Waals surface area contributed by atoms with E-state index in [0.29, 0.717) is 24.6 Å². The average Bonchev–Trinajstić information content (AvgIpc) is 2.38. The third kappa shape index (κ3) is 3.76. The smallest absolute Gasteiger partial charge is 0.244 e. The topological polar surface area (TPSA) is 64.6 Å². The quantitative estimate of drug-likeness (QED) is 0.613. The normalized spacial score (nSPS) is 11.3. The minimum absolute atomic E-state index is 0.0837. The summed E-state index contributed by atoms with van der Waals surface area (Å²) in [6.07, 6.45) is 0.569. The van der Waals surface area contributed by atoms with E-state index in [2.05, 4.69) is 4.72 Å². The van der Waals surface area contributed by atoms with E-state index in [-0.39, 0.29) is 10.6 Å². The number of halogens is 1. The van der Waals surface area contributed by atoms with E-state index in [1.165, 1.54) is 26.4 Å². The van der Waals surface area contributed by atoms with E-state index in [1.807, 2.05) is 0 Å². The predicted molar refractivity (Wildman–Crippen MR) is 70.1 cm³/mol. The zero-order valence-corrected chi connectivity index (χ0v) is 11.8. The Morgan fingerprint density at radius 1 is 1.28 bits per heavy atom. The lowest BCUT2D eigenvalue weighted by atomic mass is 10.3. The second-order valence-electron chi connectivity index (χ2n) is 3.46. The van der Waals surface area contributed by atoms with Gasteiger partial charge in [0, 0.05) is 18.5 Å². The molecule has 0 aliphatic heterocycles. The van der Waals surface area contributed by atoms with Gasteiger partial charge in [-0.2, -0.15) is 0 Å². The highest BCUT2D eigenvalue weighted by molar-refractivity contribution is 7.89. The van der Waals surface area contributed by atoms with Crippen molar-refractivity contribution < 1.29 is 17.9 Å². The van der Waals surface area contributed by atoms with Gasteiger partial charge in [-0.15, -0.1) is 11.6 Å². The zero-order valence-electron chi connectivity index (χ0n) is 10.3. The zero-order chi connectivity index (χ0) is 13.6. The van der Waals surface area contributed by atoms with Crippen LogP contribution in [0.2, 0.25) is 0 Å². The lowest BCUT2D eigenvalue weighted by molar-refractivity contribution is 0.386. The molecule has 5 nitrogen and oxygen atoms in total. The van der Waals surface area contributed by atoms with Crippen molar-refractivity contribution in [1.82, 2.24) is 4.72 Å². The summed E-state index contributed by atoms with van der Waals surface area (Å²) in [4.78, 5) is 0.0837. The minimum atomic E-state index is -3.59. The van der Waals surface area contributed by atoms with Gasteiger partial charge in [-0.3, -0.25) is 0 Å². The summed E-state index contributed by atoms with van der Waals surface area (Å²) in [6.45, 7) is 0.293. The number of hydrogen-bond donors (Lipinski definition) is 1. The van der Waals surface area contributed by atoms with Gasteiger partial charge in [-0.05, 0) is 18.6 Å². The molecule has 0 bridgehead atoms. The van der Waals surface area contributed by atoms with E-state index in [9.17, 15) is 8.42 Å². The lowest BCUT2D eigenvalue weighted by Gasteiger charge is -2.11. The molecule has 7 heteroatoms. The van der Waals surface area contributed by atoms with Gasteiger partial charge in [0.15, 0.2) is 0 Å². The van der Waals surface area contributed by atoms with Crippen molar-refractivity contribution >= 4 is 21.6 Å². The number of ether oxygens (including phenoxy) is 2. The third-order valence-electron chi connectivity index (χ3n) is 2.26. The number of methoxy groups -OCH3 is 2. The second-order valence-corrected chi connectivity index (χ2v) is 5.57. The predicted octanol–water partition coefficient (Wildman–Crippen LogP) is 1.61. The van der Waals surface area contributed by atoms with Crippen LogP contribution in [-0.4, -0.2) is 35.1 Å². The Morgan fingerprint density at radius 3 is 2.56 bits per heavy atom. The van der Waals surface area contributed by atoms with Crippen LogP contribution in [0.15, 0.2) is 23.1 Å². The maximum Gasteiger partial charge on any atom is 0.244 e. The fourth-order valence-electron chi connectivity index (χ4n) is 1.35. The summed E-state index contributed by atoms with van der Waals surface area (Å²) in [5, 5.41) is 0. The Labute approximate surface area is 112 Å². The van der Waals surface area contributed by atoms with Crippen LogP contribution < -0.4 is 14.2 Å². The molecular formula is C11H16ClNO4S. The number of benzene rings is 1. The van der Waals surface area contributed by atoms with Crippen molar-refractivity contribution in [3.05, 3.63) is 18.2 Å². The SMILES string of the molecule is COc1ccc(S(=O)(=O)NCCCCl)c(OC)c1. The molecule has 0 aromatic heterocycles. The van der Waals surface area contributed by atoms with Crippen LogP contribution in [0.1, 0.15) is 6.42 Å². The van der Waals surface area contributed by atoms with E-state index >= 15 is 0 Å². The maximum atomic E-state index is 12.0. The summed E-state index contributed by atoms with van der Waals surface area (Å²) in [5.74, 6) is 1.18. The molecule has 1 aromatic carbocycles. The number of alkyl halides is 1. The Hall–Kier alpha value is -0.980. The van der Waals surface area contributed by atoms with Gasteiger partial charge in [0.2, 0.25) is 10.0 Å². The van der Waals surface area contributed by atoms with E-state index in [1.54, 1.807) is 6.07 Å². The van der Waals surface area contributed by atoms with Gasteiger partial charge in [0.25, 0.3) is 0 Å². The first-order chi connectivity index (χ1) is 8.55. The molecule has 0 unspecified atom stereocenters. The highest BCUT2D eigenvalue weighted by Gasteiger charge is 2.19. The van der Waals surface area contributed by atoms with Crippen molar-refractivity contribution in [1.29, 1.82) is 0 Å². The first kappa shape index (κ1) is 15.1. The lowest BCUT2D eigenvalue weighted by Crippen LogP contribution is -2.25. The van der Waals surface area contributed by atoms with E-state index < -0.39 is 10.0 Å². The molecule has 0 spiro atoms. The standard InChI is InChI=1S/C11H16ClNO4S/c1-16-9-4-5-11(10(8-9)17-2)18(14,15)13-7-3-6-12/h4-5,8,13H,3,6-7H2,1-2H3. The number of rotatable bonds is 7. The van der Waals surface area contributed by atoms with E-state index in [4.69, 9.17) is 21.1 Å².